The molecule has 0 atom stereocenters. The first-order valence-corrected chi connectivity index (χ1v) is 9.33. The lowest BCUT2D eigenvalue weighted by molar-refractivity contribution is 0.0841. The minimum absolute atomic E-state index is 0.121. The van der Waals surface area contributed by atoms with Crippen LogP contribution in [0.4, 0.5) is 4.39 Å². The zero-order valence-electron chi connectivity index (χ0n) is 15.0. The molecule has 28 heavy (non-hydrogen) atoms. The van der Waals surface area contributed by atoms with E-state index in [1.165, 1.54) is 16.8 Å². The summed E-state index contributed by atoms with van der Waals surface area (Å²) < 4.78 is 16.8. The van der Waals surface area contributed by atoms with Crippen molar-refractivity contribution in [2.45, 2.75) is 13.5 Å². The number of benzene rings is 1. The minimum atomic E-state index is -0.588. The van der Waals surface area contributed by atoms with Crippen molar-refractivity contribution in [3.63, 3.8) is 0 Å². The average Bonchev–Trinajstić information content (AvgIpc) is 3.12. The van der Waals surface area contributed by atoms with Crippen LogP contribution in [0.1, 0.15) is 32.1 Å². The Morgan fingerprint density at radius 3 is 2.46 bits per heavy atom. The molecule has 146 valence electrons. The number of amides is 2. The van der Waals surface area contributed by atoms with Gasteiger partial charge in [-0.05, 0) is 46.6 Å². The van der Waals surface area contributed by atoms with E-state index in [2.05, 4.69) is 31.9 Å². The van der Waals surface area contributed by atoms with Crippen LogP contribution in [-0.4, -0.2) is 26.2 Å². The van der Waals surface area contributed by atoms with E-state index in [1.54, 1.807) is 42.9 Å². The van der Waals surface area contributed by atoms with Crippen molar-refractivity contribution < 1.29 is 14.0 Å². The van der Waals surface area contributed by atoms with E-state index in [1.807, 2.05) is 0 Å². The molecule has 3 aromatic rings. The number of nitrogens with zero attached hydrogens (tertiary/aromatic N) is 3. The van der Waals surface area contributed by atoms with E-state index < -0.39 is 11.8 Å². The number of halogens is 3. The molecule has 2 aromatic heterocycles. The molecule has 0 aliphatic carbocycles. The van der Waals surface area contributed by atoms with E-state index >= 15 is 0 Å². The van der Waals surface area contributed by atoms with Crippen molar-refractivity contribution in [1.82, 2.24) is 25.2 Å². The lowest BCUT2D eigenvalue weighted by Crippen LogP contribution is -2.42. The molecule has 0 fully saturated rings. The van der Waals surface area contributed by atoms with Gasteiger partial charge in [0.25, 0.3) is 11.8 Å². The van der Waals surface area contributed by atoms with E-state index in [9.17, 15) is 14.0 Å². The number of aryl methyl sites for hydroxylation is 2. The van der Waals surface area contributed by atoms with Crippen LogP contribution in [0.3, 0.4) is 0 Å². The smallest absolute Gasteiger partial charge is 0.286 e. The van der Waals surface area contributed by atoms with E-state index in [0.717, 1.165) is 10.0 Å². The summed E-state index contributed by atoms with van der Waals surface area (Å²) in [5.74, 6) is -1.41. The maximum absolute atomic E-state index is 13.0. The van der Waals surface area contributed by atoms with Gasteiger partial charge >= 0.3 is 0 Å². The number of hydrazine groups is 1. The second-order valence-corrected chi connectivity index (χ2v) is 7.37. The van der Waals surface area contributed by atoms with Gasteiger partial charge in [0, 0.05) is 17.7 Å². The molecule has 2 heterocycles. The van der Waals surface area contributed by atoms with Crippen molar-refractivity contribution in [1.29, 1.82) is 0 Å². The van der Waals surface area contributed by atoms with Gasteiger partial charge in [0.2, 0.25) is 0 Å². The van der Waals surface area contributed by atoms with E-state index in [-0.39, 0.29) is 23.1 Å². The Morgan fingerprint density at radius 2 is 1.86 bits per heavy atom. The number of hydrogen-bond donors (Lipinski definition) is 2. The van der Waals surface area contributed by atoms with Gasteiger partial charge in [0.1, 0.15) is 22.2 Å². The summed E-state index contributed by atoms with van der Waals surface area (Å²) >= 11 is 9.59. The summed E-state index contributed by atoms with van der Waals surface area (Å²) in [6.45, 7) is 1.91. The maximum atomic E-state index is 13.0. The van der Waals surface area contributed by atoms with Gasteiger partial charge in [-0.2, -0.15) is 5.10 Å². The molecule has 10 heteroatoms. The quantitative estimate of drug-likeness (QED) is 0.577. The highest BCUT2D eigenvalue weighted by molar-refractivity contribution is 9.10. The summed E-state index contributed by atoms with van der Waals surface area (Å²) in [6.07, 6.45) is 1.72. The van der Waals surface area contributed by atoms with Gasteiger partial charge in [0.05, 0.1) is 12.2 Å². The van der Waals surface area contributed by atoms with Gasteiger partial charge in [-0.3, -0.25) is 20.4 Å². The van der Waals surface area contributed by atoms with Gasteiger partial charge in [-0.15, -0.1) is 0 Å². The average molecular weight is 469 g/mol. The molecule has 3 rings (SSSR count). The molecule has 0 unspecified atom stereocenters. The maximum Gasteiger partial charge on any atom is 0.286 e. The van der Waals surface area contributed by atoms with Crippen molar-refractivity contribution in [2.24, 2.45) is 7.05 Å². The standard InChI is InChI=1S/C18H16BrClFN5O2/c1-10-15(16(20)26(24-10)8-11-3-5-13(21)6-4-11)18(28)23-22-17(27)14-7-12(19)9-25(14)2/h3-7,9H,8H2,1-2H3,(H,22,27)(H,23,28). The highest BCUT2D eigenvalue weighted by Gasteiger charge is 2.21. The third-order valence-electron chi connectivity index (χ3n) is 4.03. The zero-order chi connectivity index (χ0) is 20.4. The first-order chi connectivity index (χ1) is 13.3. The van der Waals surface area contributed by atoms with Crippen molar-refractivity contribution in [2.75, 3.05) is 0 Å². The second-order valence-electron chi connectivity index (χ2n) is 6.10. The van der Waals surface area contributed by atoms with Crippen LogP contribution in [0.15, 0.2) is 41.0 Å². The molecule has 0 aliphatic heterocycles. The van der Waals surface area contributed by atoms with Gasteiger partial charge < -0.3 is 4.57 Å². The SMILES string of the molecule is Cc1nn(Cc2ccc(F)cc2)c(Cl)c1C(=O)NNC(=O)c1cc(Br)cn1C. The van der Waals surface area contributed by atoms with Crippen molar-refractivity contribution in [3.8, 4) is 0 Å². The zero-order valence-corrected chi connectivity index (χ0v) is 17.3. The largest absolute Gasteiger partial charge is 0.345 e. The predicted octanol–water partition coefficient (Wildman–Crippen LogP) is 3.21. The lowest BCUT2D eigenvalue weighted by atomic mass is 10.2. The number of aromatic nitrogens is 3. The van der Waals surface area contributed by atoms with Crippen LogP contribution in [-0.2, 0) is 13.6 Å². The van der Waals surface area contributed by atoms with Gasteiger partial charge in [-0.25, -0.2) is 9.07 Å². The molecule has 2 amide bonds. The van der Waals surface area contributed by atoms with Crippen LogP contribution >= 0.6 is 27.5 Å². The Hall–Kier alpha value is -2.65. The van der Waals surface area contributed by atoms with Crippen LogP contribution in [0, 0.1) is 12.7 Å². The second kappa shape index (κ2) is 8.15. The Kier molecular flexibility index (Phi) is 5.85. The molecule has 7 nitrogen and oxygen atoms in total. The lowest BCUT2D eigenvalue weighted by Gasteiger charge is -2.08. The molecule has 0 saturated heterocycles. The first kappa shape index (κ1) is 20.1. The summed E-state index contributed by atoms with van der Waals surface area (Å²) in [7, 11) is 1.71. The number of carbonyl (C=O) groups excluding carboxylic acids is 2. The third kappa shape index (κ3) is 4.26. The molecule has 0 aliphatic rings. The third-order valence-corrected chi connectivity index (χ3v) is 4.85. The fourth-order valence-electron chi connectivity index (χ4n) is 2.67. The topological polar surface area (TPSA) is 81.0 Å². The van der Waals surface area contributed by atoms with Gasteiger partial charge in [-0.1, -0.05) is 23.7 Å². The first-order valence-electron chi connectivity index (χ1n) is 8.16. The summed E-state index contributed by atoms with van der Waals surface area (Å²) in [5.41, 5.74) is 6.39. The summed E-state index contributed by atoms with van der Waals surface area (Å²) in [4.78, 5) is 24.7. The van der Waals surface area contributed by atoms with Crippen molar-refractivity contribution in [3.05, 3.63) is 74.5 Å². The molecule has 0 spiro atoms. The van der Waals surface area contributed by atoms with Crippen molar-refractivity contribution >= 4 is 39.3 Å². The molecule has 2 N–H and O–H groups in total. The molecule has 0 saturated carbocycles. The highest BCUT2D eigenvalue weighted by Crippen LogP contribution is 2.21. The Labute approximate surface area is 173 Å². The normalized spacial score (nSPS) is 10.8. The number of carbonyl (C=O) groups is 2. The number of hydrogen-bond acceptors (Lipinski definition) is 3. The summed E-state index contributed by atoms with van der Waals surface area (Å²) in [5, 5.41) is 4.38. The molecule has 0 radical (unpaired) electrons. The molecule has 0 bridgehead atoms. The fraction of sp³-hybridized carbons (Fsp3) is 0.167. The van der Waals surface area contributed by atoms with Gasteiger partial charge in [0.15, 0.2) is 0 Å². The highest BCUT2D eigenvalue weighted by atomic mass is 79.9. The molecular weight excluding hydrogens is 453 g/mol. The minimum Gasteiger partial charge on any atom is -0.345 e. The van der Waals surface area contributed by atoms with Crippen LogP contribution in [0.2, 0.25) is 5.15 Å². The summed E-state index contributed by atoms with van der Waals surface area (Å²) in [6, 6.07) is 7.52. The molecule has 1 aromatic carbocycles. The Balaban J connectivity index is 1.71. The predicted molar refractivity (Wildman–Crippen MR) is 106 cm³/mol. The van der Waals surface area contributed by atoms with Crippen LogP contribution < -0.4 is 10.9 Å². The molecular formula is C18H16BrClFN5O2. The Morgan fingerprint density at radius 1 is 1.21 bits per heavy atom. The van der Waals surface area contributed by atoms with Crippen LogP contribution in [0.5, 0.6) is 0 Å². The van der Waals surface area contributed by atoms with E-state index in [0.29, 0.717) is 11.4 Å². The number of rotatable bonds is 4. The van der Waals surface area contributed by atoms with E-state index in [4.69, 9.17) is 11.6 Å². The Bertz CT molecular complexity index is 1050. The number of nitrogens with one attached hydrogen (secondary N) is 2. The van der Waals surface area contributed by atoms with Crippen LogP contribution in [0.25, 0.3) is 0 Å². The fourth-order valence-corrected chi connectivity index (χ4v) is 3.51. The monoisotopic (exact) mass is 467 g/mol.